The number of methoxy groups -OCH3 is 1. The van der Waals surface area contributed by atoms with Gasteiger partial charge in [-0.2, -0.15) is 0 Å². The predicted octanol–water partition coefficient (Wildman–Crippen LogP) is 4.67. The SMILES string of the molecule is COCOc1cc(Cl)ccc1-c1ccc(N(C)[C@H]2C[C@]3(C)CC[C@](C)(C2)N3C(=O)O)nn1. The molecule has 3 atom stereocenters. The number of anilines is 1. The van der Waals surface area contributed by atoms with Gasteiger partial charge in [0.15, 0.2) is 12.6 Å². The number of fused-ring (bicyclic) bond motifs is 2. The Morgan fingerprint density at radius 1 is 1.22 bits per heavy atom. The van der Waals surface area contributed by atoms with Crippen LogP contribution in [0.15, 0.2) is 30.3 Å². The molecule has 3 heterocycles. The maximum absolute atomic E-state index is 11.9. The molecule has 0 unspecified atom stereocenters. The molecule has 2 aliphatic heterocycles. The van der Waals surface area contributed by atoms with Crippen LogP contribution >= 0.6 is 11.6 Å². The zero-order chi connectivity index (χ0) is 23.1. The summed E-state index contributed by atoms with van der Waals surface area (Å²) in [6, 6.07) is 9.39. The van der Waals surface area contributed by atoms with Gasteiger partial charge in [0.2, 0.25) is 0 Å². The minimum absolute atomic E-state index is 0.105. The molecule has 1 amide bonds. The summed E-state index contributed by atoms with van der Waals surface area (Å²) in [5.74, 6) is 1.33. The van der Waals surface area contributed by atoms with Crippen molar-refractivity contribution in [3.63, 3.8) is 0 Å². The lowest BCUT2D eigenvalue weighted by molar-refractivity contribution is 0.0131. The van der Waals surface area contributed by atoms with E-state index in [1.807, 2.05) is 25.2 Å². The van der Waals surface area contributed by atoms with E-state index in [0.29, 0.717) is 16.5 Å². The average molecular weight is 461 g/mol. The van der Waals surface area contributed by atoms with Crippen molar-refractivity contribution in [1.29, 1.82) is 0 Å². The van der Waals surface area contributed by atoms with Crippen molar-refractivity contribution < 1.29 is 19.4 Å². The molecule has 0 radical (unpaired) electrons. The lowest BCUT2D eigenvalue weighted by atomic mass is 9.82. The zero-order valence-corrected chi connectivity index (χ0v) is 19.6. The average Bonchev–Trinajstić information content (AvgIpc) is 2.93. The maximum Gasteiger partial charge on any atom is 0.408 e. The van der Waals surface area contributed by atoms with E-state index in [-0.39, 0.29) is 23.9 Å². The first-order valence-electron chi connectivity index (χ1n) is 10.7. The van der Waals surface area contributed by atoms with Crippen LogP contribution in [0.4, 0.5) is 10.6 Å². The number of piperidine rings is 1. The van der Waals surface area contributed by atoms with Gasteiger partial charge in [0, 0.05) is 41.9 Å². The highest BCUT2D eigenvalue weighted by Gasteiger charge is 2.58. The molecule has 2 bridgehead atoms. The Labute approximate surface area is 193 Å². The summed E-state index contributed by atoms with van der Waals surface area (Å²) in [6.45, 7) is 4.22. The summed E-state index contributed by atoms with van der Waals surface area (Å²) >= 11 is 6.11. The Bertz CT molecular complexity index is 984. The fraction of sp³-hybridized carbons (Fsp3) is 0.522. The van der Waals surface area contributed by atoms with Gasteiger partial charge in [0.05, 0.1) is 5.69 Å². The van der Waals surface area contributed by atoms with Gasteiger partial charge in [-0.25, -0.2) is 4.79 Å². The first-order valence-corrected chi connectivity index (χ1v) is 11.1. The van der Waals surface area contributed by atoms with Gasteiger partial charge < -0.3 is 19.5 Å². The highest BCUT2D eigenvalue weighted by atomic mass is 35.5. The van der Waals surface area contributed by atoms with Crippen LogP contribution < -0.4 is 9.64 Å². The predicted molar refractivity (Wildman–Crippen MR) is 122 cm³/mol. The third-order valence-corrected chi connectivity index (χ3v) is 7.17. The molecule has 32 heavy (non-hydrogen) atoms. The first kappa shape index (κ1) is 22.6. The molecule has 9 heteroatoms. The van der Waals surface area contributed by atoms with Crippen LogP contribution in [-0.4, -0.2) is 64.4 Å². The molecule has 1 aromatic carbocycles. The van der Waals surface area contributed by atoms with Gasteiger partial charge in [-0.05, 0) is 69.9 Å². The maximum atomic E-state index is 11.9. The molecule has 8 nitrogen and oxygen atoms in total. The highest BCUT2D eigenvalue weighted by molar-refractivity contribution is 6.30. The number of halogens is 1. The lowest BCUT2D eigenvalue weighted by Gasteiger charge is -2.51. The molecular formula is C23H29ClN4O4. The summed E-state index contributed by atoms with van der Waals surface area (Å²) < 4.78 is 10.6. The third kappa shape index (κ3) is 3.97. The van der Waals surface area contributed by atoms with Crippen LogP contribution in [0.2, 0.25) is 5.02 Å². The second kappa shape index (κ2) is 8.41. The number of hydrogen-bond donors (Lipinski definition) is 1. The molecule has 1 N–H and O–H groups in total. The van der Waals surface area contributed by atoms with Crippen molar-refractivity contribution in [3.05, 3.63) is 35.4 Å². The van der Waals surface area contributed by atoms with Gasteiger partial charge in [-0.1, -0.05) is 11.6 Å². The molecule has 1 aromatic heterocycles. The molecule has 2 fully saturated rings. The third-order valence-electron chi connectivity index (χ3n) is 6.94. The molecule has 2 aliphatic rings. The molecule has 4 rings (SSSR count). The van der Waals surface area contributed by atoms with E-state index < -0.39 is 6.09 Å². The first-order chi connectivity index (χ1) is 15.2. The van der Waals surface area contributed by atoms with Crippen LogP contribution in [-0.2, 0) is 4.74 Å². The minimum Gasteiger partial charge on any atom is -0.467 e. The zero-order valence-electron chi connectivity index (χ0n) is 18.8. The number of amides is 1. The Balaban J connectivity index is 1.55. The van der Waals surface area contributed by atoms with Gasteiger partial charge in [0.25, 0.3) is 0 Å². The number of ether oxygens (including phenoxy) is 2. The normalized spacial score (nSPS) is 26.8. The number of rotatable bonds is 6. The van der Waals surface area contributed by atoms with Crippen molar-refractivity contribution in [2.75, 3.05) is 25.9 Å². The largest absolute Gasteiger partial charge is 0.467 e. The summed E-state index contributed by atoms with van der Waals surface area (Å²) in [4.78, 5) is 15.7. The van der Waals surface area contributed by atoms with Crippen molar-refractivity contribution in [2.24, 2.45) is 0 Å². The summed E-state index contributed by atoms with van der Waals surface area (Å²) in [7, 11) is 3.56. The van der Waals surface area contributed by atoms with E-state index in [1.54, 1.807) is 24.1 Å². The van der Waals surface area contributed by atoms with E-state index in [2.05, 4.69) is 28.9 Å². The minimum atomic E-state index is -0.827. The van der Waals surface area contributed by atoms with E-state index >= 15 is 0 Å². The monoisotopic (exact) mass is 460 g/mol. The standard InChI is InChI=1S/C23H29ClN4O4/c1-22-9-10-23(2,28(22)21(29)30)13-16(12-22)27(3)20-8-7-18(25-26-20)17-6-5-15(24)11-19(17)32-14-31-4/h5-8,11,16H,9-10,12-14H2,1-4H3,(H,29,30)/t16-,22-,23+. The van der Waals surface area contributed by atoms with E-state index in [1.165, 1.54) is 0 Å². The molecule has 0 saturated carbocycles. The number of benzene rings is 1. The van der Waals surface area contributed by atoms with Gasteiger partial charge >= 0.3 is 6.09 Å². The second-order valence-corrected chi connectivity index (χ2v) is 9.69. The van der Waals surface area contributed by atoms with Gasteiger partial charge in [0.1, 0.15) is 5.75 Å². The van der Waals surface area contributed by atoms with Crippen LogP contribution in [0.3, 0.4) is 0 Å². The smallest absolute Gasteiger partial charge is 0.408 e. The fourth-order valence-electron chi connectivity index (χ4n) is 5.42. The number of carbonyl (C=O) groups is 1. The Kier molecular flexibility index (Phi) is 5.94. The lowest BCUT2D eigenvalue weighted by Crippen LogP contribution is -2.62. The molecular weight excluding hydrogens is 432 g/mol. The van der Waals surface area contributed by atoms with Gasteiger partial charge in [-0.15, -0.1) is 10.2 Å². The number of aromatic nitrogens is 2. The topological polar surface area (TPSA) is 88.0 Å². The molecule has 2 aromatic rings. The Hall–Kier alpha value is -2.58. The summed E-state index contributed by atoms with van der Waals surface area (Å²) in [5, 5.41) is 19.3. The molecule has 0 spiro atoms. The second-order valence-electron chi connectivity index (χ2n) is 9.25. The fourth-order valence-corrected chi connectivity index (χ4v) is 5.58. The van der Waals surface area contributed by atoms with Crippen LogP contribution in [0.25, 0.3) is 11.3 Å². The van der Waals surface area contributed by atoms with Crippen molar-refractivity contribution >= 4 is 23.5 Å². The van der Waals surface area contributed by atoms with Crippen LogP contribution in [0.5, 0.6) is 5.75 Å². The van der Waals surface area contributed by atoms with Crippen LogP contribution in [0.1, 0.15) is 39.5 Å². The highest BCUT2D eigenvalue weighted by Crippen LogP contribution is 2.51. The summed E-state index contributed by atoms with van der Waals surface area (Å²) in [6.07, 6.45) is 2.46. The number of nitrogens with zero attached hydrogens (tertiary/aromatic N) is 4. The molecule has 0 aliphatic carbocycles. The van der Waals surface area contributed by atoms with Crippen molar-refractivity contribution in [2.45, 2.75) is 56.7 Å². The molecule has 172 valence electrons. The number of hydrogen-bond acceptors (Lipinski definition) is 6. The quantitative estimate of drug-likeness (QED) is 0.626. The van der Waals surface area contributed by atoms with E-state index in [4.69, 9.17) is 21.1 Å². The van der Waals surface area contributed by atoms with Crippen molar-refractivity contribution in [3.8, 4) is 17.0 Å². The van der Waals surface area contributed by atoms with E-state index in [0.717, 1.165) is 37.1 Å². The summed E-state index contributed by atoms with van der Waals surface area (Å²) in [5.41, 5.74) is 0.731. The Morgan fingerprint density at radius 3 is 2.47 bits per heavy atom. The Morgan fingerprint density at radius 2 is 1.91 bits per heavy atom. The van der Waals surface area contributed by atoms with Crippen LogP contribution in [0, 0.1) is 0 Å². The van der Waals surface area contributed by atoms with Gasteiger partial charge in [-0.3, -0.25) is 4.90 Å². The number of carboxylic acid groups (broad SMARTS) is 1. The van der Waals surface area contributed by atoms with E-state index in [9.17, 15) is 9.90 Å². The molecule has 2 saturated heterocycles. The van der Waals surface area contributed by atoms with Crippen molar-refractivity contribution in [1.82, 2.24) is 15.1 Å².